The van der Waals surface area contributed by atoms with Crippen molar-refractivity contribution in [2.24, 2.45) is 5.92 Å². The fourth-order valence-electron chi connectivity index (χ4n) is 2.39. The molecule has 0 bridgehead atoms. The van der Waals surface area contributed by atoms with Gasteiger partial charge in [0.2, 0.25) is 0 Å². The summed E-state index contributed by atoms with van der Waals surface area (Å²) in [6, 6.07) is 0. The number of ether oxygens (including phenoxy) is 1. The van der Waals surface area contributed by atoms with Crippen LogP contribution in [-0.2, 0) is 19.6 Å². The van der Waals surface area contributed by atoms with Gasteiger partial charge in [-0.3, -0.25) is 9.35 Å². The molecule has 1 aliphatic rings. The summed E-state index contributed by atoms with van der Waals surface area (Å²) in [6.45, 7) is -1.64. The minimum atomic E-state index is -5.56. The summed E-state index contributed by atoms with van der Waals surface area (Å²) in [5.41, 5.74) is 0. The van der Waals surface area contributed by atoms with Gasteiger partial charge in [-0.05, 0) is 12.8 Å². The van der Waals surface area contributed by atoms with E-state index in [-0.39, 0.29) is 0 Å². The third-order valence-electron chi connectivity index (χ3n) is 3.70. The van der Waals surface area contributed by atoms with Crippen LogP contribution in [0.4, 0.5) is 8.78 Å². The molecular weight excluding hydrogens is 306 g/mol. The second kappa shape index (κ2) is 8.03. The summed E-state index contributed by atoms with van der Waals surface area (Å²) in [5.74, 6) is -1.28. The number of hydrogen-bond donors (Lipinski definition) is 1. The lowest BCUT2D eigenvalue weighted by Gasteiger charge is -2.19. The number of rotatable bonds is 4. The Hall–Kier alpha value is -0.760. The largest absolute Gasteiger partial charge is 0.458 e. The zero-order chi connectivity index (χ0) is 15.9. The number of halogens is 2. The Labute approximate surface area is 123 Å². The fraction of sp³-hybridized carbons (Fsp3) is 0.923. The van der Waals surface area contributed by atoms with E-state index in [9.17, 15) is 22.0 Å². The number of esters is 1. The molecule has 0 aromatic heterocycles. The monoisotopic (exact) mass is 328 g/mol. The first-order valence-electron chi connectivity index (χ1n) is 7.25. The molecule has 5 nitrogen and oxygen atoms in total. The molecule has 0 radical (unpaired) electrons. The van der Waals surface area contributed by atoms with E-state index in [1.807, 2.05) is 0 Å². The maximum Gasteiger partial charge on any atom is 0.402 e. The lowest BCUT2D eigenvalue weighted by atomic mass is 9.92. The predicted octanol–water partition coefficient (Wildman–Crippen LogP) is 3.15. The van der Waals surface area contributed by atoms with Crippen molar-refractivity contribution >= 4 is 16.1 Å². The van der Waals surface area contributed by atoms with Crippen LogP contribution in [0.15, 0.2) is 0 Å². The SMILES string of the molecule is O=C(OCC(F)(F)S(=O)(=O)O)C1CCCCCCCCC1. The van der Waals surface area contributed by atoms with Crippen molar-refractivity contribution in [1.29, 1.82) is 0 Å². The Bertz CT molecular complexity index is 426. The van der Waals surface area contributed by atoms with Gasteiger partial charge in [-0.25, -0.2) is 0 Å². The molecule has 0 unspecified atom stereocenters. The third kappa shape index (κ3) is 6.25. The number of hydrogen-bond acceptors (Lipinski definition) is 4. The number of alkyl halides is 2. The molecule has 0 spiro atoms. The van der Waals surface area contributed by atoms with Crippen LogP contribution < -0.4 is 0 Å². The first kappa shape index (κ1) is 18.3. The first-order chi connectivity index (χ1) is 9.74. The second-order valence-electron chi connectivity index (χ2n) is 5.47. The normalized spacial score (nSPS) is 20.0. The Morgan fingerprint density at radius 2 is 1.48 bits per heavy atom. The average molecular weight is 328 g/mol. The minimum absolute atomic E-state index is 0.472. The maximum absolute atomic E-state index is 13.0. The standard InChI is InChI=1S/C13H22F2O5S/c14-13(15,21(17,18)19)10-20-12(16)11-8-6-4-2-1-3-5-7-9-11/h11H,1-10H2,(H,17,18,19). The smallest absolute Gasteiger partial charge is 0.402 e. The third-order valence-corrected chi connectivity index (χ3v) is 4.57. The van der Waals surface area contributed by atoms with Crippen LogP contribution in [0.2, 0.25) is 0 Å². The highest BCUT2D eigenvalue weighted by molar-refractivity contribution is 7.86. The first-order valence-corrected chi connectivity index (χ1v) is 8.69. The van der Waals surface area contributed by atoms with Crippen LogP contribution >= 0.6 is 0 Å². The highest BCUT2D eigenvalue weighted by Gasteiger charge is 2.45. The highest BCUT2D eigenvalue weighted by Crippen LogP contribution is 2.25. The summed E-state index contributed by atoms with van der Waals surface area (Å²) in [6.07, 6.45) is 8.15. The van der Waals surface area contributed by atoms with Gasteiger partial charge in [-0.15, -0.1) is 0 Å². The van der Waals surface area contributed by atoms with Gasteiger partial charge in [0.1, 0.15) is 0 Å². The van der Waals surface area contributed by atoms with E-state index < -0.39 is 33.9 Å². The molecular formula is C13H22F2O5S. The van der Waals surface area contributed by atoms with Crippen LogP contribution in [0.5, 0.6) is 0 Å². The van der Waals surface area contributed by atoms with Gasteiger partial charge in [0.05, 0.1) is 5.92 Å². The summed E-state index contributed by atoms with van der Waals surface area (Å²) in [5, 5.41) is -4.46. The molecule has 8 heteroatoms. The van der Waals surface area contributed by atoms with Crippen molar-refractivity contribution in [3.05, 3.63) is 0 Å². The number of carbonyl (C=O) groups excluding carboxylic acids is 1. The molecule has 0 saturated heterocycles. The molecule has 0 aliphatic heterocycles. The average Bonchev–Trinajstić information content (AvgIpc) is 2.41. The zero-order valence-electron chi connectivity index (χ0n) is 11.9. The van der Waals surface area contributed by atoms with Crippen molar-refractivity contribution in [2.75, 3.05) is 6.61 Å². The Kier molecular flexibility index (Phi) is 6.99. The van der Waals surface area contributed by atoms with E-state index in [2.05, 4.69) is 4.74 Å². The van der Waals surface area contributed by atoms with Crippen molar-refractivity contribution in [3.63, 3.8) is 0 Å². The summed E-state index contributed by atoms with van der Waals surface area (Å²) < 4.78 is 59.7. The molecule has 1 N–H and O–H groups in total. The van der Waals surface area contributed by atoms with Crippen molar-refractivity contribution in [1.82, 2.24) is 0 Å². The van der Waals surface area contributed by atoms with E-state index in [4.69, 9.17) is 4.55 Å². The van der Waals surface area contributed by atoms with Gasteiger partial charge in [0.15, 0.2) is 6.61 Å². The van der Waals surface area contributed by atoms with Gasteiger partial charge >= 0.3 is 21.3 Å². The molecule has 124 valence electrons. The molecule has 0 amide bonds. The molecule has 0 aromatic rings. The lowest BCUT2D eigenvalue weighted by molar-refractivity contribution is -0.155. The summed E-state index contributed by atoms with van der Waals surface area (Å²) in [7, 11) is -5.56. The summed E-state index contributed by atoms with van der Waals surface area (Å²) in [4.78, 5) is 11.8. The van der Waals surface area contributed by atoms with E-state index >= 15 is 0 Å². The molecule has 0 atom stereocenters. The van der Waals surface area contributed by atoms with Crippen LogP contribution in [-0.4, -0.2) is 30.8 Å². The maximum atomic E-state index is 13.0. The fourth-order valence-corrected chi connectivity index (χ4v) is 2.60. The molecule has 1 fully saturated rings. The van der Waals surface area contributed by atoms with Gasteiger partial charge in [0.25, 0.3) is 0 Å². The van der Waals surface area contributed by atoms with Crippen LogP contribution in [0.3, 0.4) is 0 Å². The van der Waals surface area contributed by atoms with Gasteiger partial charge < -0.3 is 4.74 Å². The number of carbonyl (C=O) groups is 1. The molecule has 1 saturated carbocycles. The Morgan fingerprint density at radius 3 is 1.90 bits per heavy atom. The van der Waals surface area contributed by atoms with Gasteiger partial charge in [-0.1, -0.05) is 44.9 Å². The predicted molar refractivity (Wildman–Crippen MR) is 72.5 cm³/mol. The highest BCUT2D eigenvalue weighted by atomic mass is 32.2. The zero-order valence-corrected chi connectivity index (χ0v) is 12.7. The van der Waals surface area contributed by atoms with Crippen LogP contribution in [0, 0.1) is 5.92 Å². The quantitative estimate of drug-likeness (QED) is 0.633. The summed E-state index contributed by atoms with van der Waals surface area (Å²) >= 11 is 0. The molecule has 21 heavy (non-hydrogen) atoms. The van der Waals surface area contributed by atoms with Crippen LogP contribution in [0.1, 0.15) is 57.8 Å². The van der Waals surface area contributed by atoms with Gasteiger partial charge in [0, 0.05) is 0 Å². The second-order valence-corrected chi connectivity index (χ2v) is 7.02. The van der Waals surface area contributed by atoms with E-state index in [0.717, 1.165) is 38.5 Å². The van der Waals surface area contributed by atoms with Crippen molar-refractivity contribution in [3.8, 4) is 0 Å². The van der Waals surface area contributed by atoms with Crippen LogP contribution in [0.25, 0.3) is 0 Å². The molecule has 0 heterocycles. The molecule has 1 aliphatic carbocycles. The Balaban J connectivity index is 2.51. The molecule has 0 aromatic carbocycles. The topological polar surface area (TPSA) is 80.7 Å². The van der Waals surface area contributed by atoms with Crippen molar-refractivity contribution < 1.29 is 31.3 Å². The van der Waals surface area contributed by atoms with E-state index in [0.29, 0.717) is 12.8 Å². The van der Waals surface area contributed by atoms with E-state index in [1.54, 1.807) is 0 Å². The molecule has 1 rings (SSSR count). The Morgan fingerprint density at radius 1 is 1.05 bits per heavy atom. The van der Waals surface area contributed by atoms with Gasteiger partial charge in [-0.2, -0.15) is 17.2 Å². The van der Waals surface area contributed by atoms with Crippen molar-refractivity contribution in [2.45, 2.75) is 63.0 Å². The van der Waals surface area contributed by atoms with E-state index in [1.165, 1.54) is 6.42 Å². The lowest BCUT2D eigenvalue weighted by Crippen LogP contribution is -2.35. The minimum Gasteiger partial charge on any atom is -0.458 e.